The van der Waals surface area contributed by atoms with Gasteiger partial charge in [0.2, 0.25) is 21.8 Å². The Kier molecular flexibility index (Phi) is 10.3. The summed E-state index contributed by atoms with van der Waals surface area (Å²) in [5.74, 6) is -0.726. The fraction of sp³-hybridized carbons (Fsp3) is 0.548. The normalized spacial score (nSPS) is 24.3. The Morgan fingerprint density at radius 3 is 2.38 bits per heavy atom. The first kappa shape index (κ1) is 32.7. The first-order valence-corrected chi connectivity index (χ1v) is 16.8. The number of sulfonamides is 1. The summed E-state index contributed by atoms with van der Waals surface area (Å²) in [6, 6.07) is 14.0. The van der Waals surface area contributed by atoms with Gasteiger partial charge in [-0.15, -0.1) is 0 Å². The molecule has 2 aromatic rings. The van der Waals surface area contributed by atoms with Crippen molar-refractivity contribution in [2.24, 2.45) is 5.41 Å². The molecular weight excluding hydrogens is 597 g/mol. The number of carbonyl (C=O) groups excluding carboxylic acids is 2. The molecule has 2 amide bonds. The molecule has 2 fully saturated rings. The van der Waals surface area contributed by atoms with Crippen molar-refractivity contribution in [3.05, 3.63) is 69.7 Å². The number of rotatable bonds is 13. The van der Waals surface area contributed by atoms with E-state index in [0.29, 0.717) is 48.7 Å². The molecule has 1 aliphatic carbocycles. The SMILES string of the molecule is CC[C@@H](CNS(=O)(=O)C1(C)CC1)N1C(=O)[C@@](C)(CC(=O)NCCCO)C[C@H](c2cccc(Cl)c2)[C@H]1c1ccc(Cl)cc1. The highest BCUT2D eigenvalue weighted by Crippen LogP contribution is 2.52. The summed E-state index contributed by atoms with van der Waals surface area (Å²) in [5, 5.41) is 13.1. The van der Waals surface area contributed by atoms with E-state index < -0.39 is 32.3 Å². The maximum atomic E-state index is 14.6. The molecule has 0 unspecified atom stereocenters. The van der Waals surface area contributed by atoms with Crippen molar-refractivity contribution in [2.75, 3.05) is 19.7 Å². The molecule has 3 N–H and O–H groups in total. The summed E-state index contributed by atoms with van der Waals surface area (Å²) in [5.41, 5.74) is 0.712. The van der Waals surface area contributed by atoms with Gasteiger partial charge in [0, 0.05) is 48.1 Å². The minimum Gasteiger partial charge on any atom is -0.396 e. The predicted octanol–water partition coefficient (Wildman–Crippen LogP) is 5.20. The van der Waals surface area contributed by atoms with Crippen LogP contribution in [0.1, 0.15) is 82.4 Å². The van der Waals surface area contributed by atoms with Crippen LogP contribution in [0, 0.1) is 5.41 Å². The van der Waals surface area contributed by atoms with E-state index in [1.807, 2.05) is 44.2 Å². The lowest BCUT2D eigenvalue weighted by atomic mass is 9.67. The standard InChI is InChI=1S/C31H41Cl2N3O5S/c1-4-25(20-35-42(40,41)31(3)13-14-31)36-28(21-9-11-23(32)12-10-21)26(22-7-5-8-24(33)17-22)18-30(2,29(36)39)19-27(38)34-15-6-16-37/h5,7-12,17,25-26,28,35,37H,4,6,13-16,18-20H2,1-3H3,(H,34,38)/t25-,26+,28+,30+/m0/s1. The van der Waals surface area contributed by atoms with Gasteiger partial charge in [-0.1, -0.05) is 61.3 Å². The molecule has 8 nitrogen and oxygen atoms in total. The van der Waals surface area contributed by atoms with Gasteiger partial charge in [0.25, 0.3) is 0 Å². The molecule has 11 heteroatoms. The number of piperidine rings is 1. The first-order chi connectivity index (χ1) is 19.8. The van der Waals surface area contributed by atoms with Crippen LogP contribution in [0.3, 0.4) is 0 Å². The number of likely N-dealkylation sites (tertiary alicyclic amines) is 1. The molecule has 0 radical (unpaired) electrons. The number of amides is 2. The Bertz CT molecular complexity index is 1380. The summed E-state index contributed by atoms with van der Waals surface area (Å²) < 4.78 is 28.2. The van der Waals surface area contributed by atoms with Crippen LogP contribution in [-0.2, 0) is 19.6 Å². The second-order valence-electron chi connectivity index (χ2n) is 12.1. The fourth-order valence-corrected chi connectivity index (χ4v) is 7.66. The van der Waals surface area contributed by atoms with E-state index in [0.717, 1.165) is 11.1 Å². The molecule has 4 atom stereocenters. The Hall–Kier alpha value is -2.17. The minimum atomic E-state index is -3.57. The largest absolute Gasteiger partial charge is 0.396 e. The second-order valence-corrected chi connectivity index (χ2v) is 15.3. The Morgan fingerprint density at radius 2 is 1.79 bits per heavy atom. The first-order valence-electron chi connectivity index (χ1n) is 14.5. The van der Waals surface area contributed by atoms with E-state index in [-0.39, 0.29) is 37.3 Å². The van der Waals surface area contributed by atoms with Crippen LogP contribution in [0.15, 0.2) is 48.5 Å². The van der Waals surface area contributed by atoms with Gasteiger partial charge in [-0.25, -0.2) is 13.1 Å². The van der Waals surface area contributed by atoms with Crippen LogP contribution in [0.2, 0.25) is 10.0 Å². The zero-order valence-corrected chi connectivity index (χ0v) is 26.7. The van der Waals surface area contributed by atoms with Crippen LogP contribution in [-0.4, -0.2) is 60.7 Å². The topological polar surface area (TPSA) is 116 Å². The van der Waals surface area contributed by atoms with Crippen molar-refractivity contribution >= 4 is 45.0 Å². The number of aliphatic hydroxyl groups excluding tert-OH is 1. The van der Waals surface area contributed by atoms with E-state index in [2.05, 4.69) is 10.0 Å². The van der Waals surface area contributed by atoms with Gasteiger partial charge < -0.3 is 15.3 Å². The molecular formula is C31H41Cl2N3O5S. The lowest BCUT2D eigenvalue weighted by molar-refractivity contribution is -0.157. The summed E-state index contributed by atoms with van der Waals surface area (Å²) >= 11 is 12.7. The monoisotopic (exact) mass is 637 g/mol. The summed E-state index contributed by atoms with van der Waals surface area (Å²) in [6.45, 7) is 5.81. The number of carbonyl (C=O) groups is 2. The van der Waals surface area contributed by atoms with Gasteiger partial charge in [-0.3, -0.25) is 9.59 Å². The second kappa shape index (κ2) is 13.2. The Balaban J connectivity index is 1.79. The number of hydrogen-bond donors (Lipinski definition) is 3. The molecule has 2 aliphatic rings. The molecule has 2 aromatic carbocycles. The Labute approximate surface area is 259 Å². The maximum Gasteiger partial charge on any atom is 0.229 e. The highest BCUT2D eigenvalue weighted by molar-refractivity contribution is 7.91. The molecule has 1 saturated carbocycles. The van der Waals surface area contributed by atoms with E-state index in [1.54, 1.807) is 30.0 Å². The van der Waals surface area contributed by atoms with Crippen molar-refractivity contribution in [1.82, 2.24) is 14.9 Å². The van der Waals surface area contributed by atoms with Crippen molar-refractivity contribution in [3.63, 3.8) is 0 Å². The van der Waals surface area contributed by atoms with Gasteiger partial charge in [-0.2, -0.15) is 0 Å². The van der Waals surface area contributed by atoms with Crippen LogP contribution < -0.4 is 10.0 Å². The van der Waals surface area contributed by atoms with E-state index in [9.17, 15) is 18.0 Å². The van der Waals surface area contributed by atoms with Gasteiger partial charge in [0.05, 0.1) is 16.2 Å². The van der Waals surface area contributed by atoms with Crippen molar-refractivity contribution in [3.8, 4) is 0 Å². The maximum absolute atomic E-state index is 14.6. The third kappa shape index (κ3) is 7.13. The zero-order valence-electron chi connectivity index (χ0n) is 24.4. The van der Waals surface area contributed by atoms with Crippen LogP contribution in [0.5, 0.6) is 0 Å². The quantitative estimate of drug-likeness (QED) is 0.261. The highest BCUT2D eigenvalue weighted by Gasteiger charge is 2.53. The zero-order chi connectivity index (χ0) is 30.7. The van der Waals surface area contributed by atoms with Crippen molar-refractivity contribution < 1.29 is 23.1 Å². The Morgan fingerprint density at radius 1 is 1.10 bits per heavy atom. The highest BCUT2D eigenvalue weighted by atomic mass is 35.5. The third-order valence-corrected chi connectivity index (χ3v) is 11.5. The van der Waals surface area contributed by atoms with E-state index >= 15 is 0 Å². The number of halogens is 2. The molecule has 42 heavy (non-hydrogen) atoms. The van der Waals surface area contributed by atoms with Gasteiger partial charge in [0.1, 0.15) is 0 Å². The van der Waals surface area contributed by atoms with Crippen LogP contribution >= 0.6 is 23.2 Å². The number of nitrogens with one attached hydrogen (secondary N) is 2. The smallest absolute Gasteiger partial charge is 0.229 e. The fourth-order valence-electron chi connectivity index (χ4n) is 5.94. The molecule has 0 bridgehead atoms. The number of nitrogens with zero attached hydrogens (tertiary/aromatic N) is 1. The minimum absolute atomic E-state index is 0.0433. The molecule has 1 heterocycles. The number of benzene rings is 2. The number of hydrogen-bond acceptors (Lipinski definition) is 5. The van der Waals surface area contributed by atoms with Gasteiger partial charge in [-0.05, 0) is 74.4 Å². The molecule has 0 spiro atoms. The van der Waals surface area contributed by atoms with Crippen molar-refractivity contribution in [1.29, 1.82) is 0 Å². The number of aliphatic hydroxyl groups is 1. The predicted molar refractivity (Wildman–Crippen MR) is 166 cm³/mol. The van der Waals surface area contributed by atoms with Crippen LogP contribution in [0.4, 0.5) is 0 Å². The summed E-state index contributed by atoms with van der Waals surface area (Å²) in [4.78, 5) is 29.5. The summed E-state index contributed by atoms with van der Waals surface area (Å²) in [7, 11) is -3.57. The molecule has 4 rings (SSSR count). The average Bonchev–Trinajstić information content (AvgIpc) is 3.71. The van der Waals surface area contributed by atoms with E-state index in [4.69, 9.17) is 28.3 Å². The molecule has 230 valence electrons. The molecule has 1 aliphatic heterocycles. The lowest BCUT2D eigenvalue weighted by Crippen LogP contribution is -2.58. The van der Waals surface area contributed by atoms with Gasteiger partial charge in [0.15, 0.2) is 0 Å². The van der Waals surface area contributed by atoms with E-state index in [1.165, 1.54) is 0 Å². The van der Waals surface area contributed by atoms with Gasteiger partial charge >= 0.3 is 0 Å². The lowest BCUT2D eigenvalue weighted by Gasteiger charge is -2.52. The third-order valence-electron chi connectivity index (χ3n) is 8.77. The average molecular weight is 639 g/mol. The van der Waals surface area contributed by atoms with Crippen molar-refractivity contribution in [2.45, 2.75) is 82.0 Å². The van der Waals surface area contributed by atoms with Crippen LogP contribution in [0.25, 0.3) is 0 Å². The summed E-state index contributed by atoms with van der Waals surface area (Å²) in [6.07, 6.45) is 2.46. The molecule has 1 saturated heterocycles. The molecule has 0 aromatic heterocycles.